The molecule has 29 heavy (non-hydrogen) atoms. The van der Waals surface area contributed by atoms with Crippen LogP contribution in [0.2, 0.25) is 0 Å². The van der Waals surface area contributed by atoms with Crippen LogP contribution in [0.1, 0.15) is 45.2 Å². The Labute approximate surface area is 179 Å². The molecule has 0 spiro atoms. The summed E-state index contributed by atoms with van der Waals surface area (Å²) in [5.74, 6) is 1.20. The summed E-state index contributed by atoms with van der Waals surface area (Å²) in [6.07, 6.45) is 2.64. The Bertz CT molecular complexity index is 997. The van der Waals surface area contributed by atoms with E-state index in [4.69, 9.17) is 4.98 Å². The molecule has 3 aromatic rings. The maximum absolute atomic E-state index is 5.23. The highest BCUT2D eigenvalue weighted by atomic mass is 32.2. The van der Waals surface area contributed by atoms with Gasteiger partial charge in [-0.3, -0.25) is 4.98 Å². The number of hydrogen-bond donors (Lipinski definition) is 0. The average Bonchev–Trinajstić information content (AvgIpc) is 3.07. The quantitative estimate of drug-likeness (QED) is 0.452. The van der Waals surface area contributed by atoms with Gasteiger partial charge in [-0.25, -0.2) is 0 Å². The predicted molar refractivity (Wildman–Crippen MR) is 123 cm³/mol. The molecule has 1 heterocycles. The molecule has 2 heteroatoms. The SMILES string of the molecule is CC1(C)[C@H]2CC[C@]1(C)[C@@H](c1cccc(-c3ccccc3)n1)[C@@H]2Sc1ccccc1. The standard InChI is InChI=1S/C27H29NS/c1-26(2)21-17-18-27(26,3)24(25(21)29-20-13-8-5-9-14-20)23-16-10-15-22(28-23)19-11-6-4-7-12-19/h4-16,21,24-25H,17-18H2,1-3H3/t21-,24-,25+,27+/m0/s1. The first-order valence-corrected chi connectivity index (χ1v) is 11.6. The van der Waals surface area contributed by atoms with E-state index in [2.05, 4.69) is 111 Å². The van der Waals surface area contributed by atoms with Crippen LogP contribution >= 0.6 is 11.8 Å². The fourth-order valence-corrected chi connectivity index (χ4v) is 7.83. The summed E-state index contributed by atoms with van der Waals surface area (Å²) in [6, 6.07) is 28.2. The second-order valence-corrected chi connectivity index (χ2v) is 10.7. The topological polar surface area (TPSA) is 12.9 Å². The summed E-state index contributed by atoms with van der Waals surface area (Å²) in [7, 11) is 0. The Kier molecular flexibility index (Phi) is 4.58. The van der Waals surface area contributed by atoms with Crippen LogP contribution in [0.4, 0.5) is 0 Å². The fourth-order valence-electron chi connectivity index (χ4n) is 5.98. The molecular weight excluding hydrogens is 370 g/mol. The van der Waals surface area contributed by atoms with Gasteiger partial charge in [-0.15, -0.1) is 11.8 Å². The van der Waals surface area contributed by atoms with Crippen molar-refractivity contribution in [1.29, 1.82) is 0 Å². The van der Waals surface area contributed by atoms with E-state index in [-0.39, 0.29) is 5.41 Å². The van der Waals surface area contributed by atoms with Crippen LogP contribution in [0.5, 0.6) is 0 Å². The monoisotopic (exact) mass is 399 g/mol. The van der Waals surface area contributed by atoms with Crippen LogP contribution in [0.15, 0.2) is 83.8 Å². The zero-order chi connectivity index (χ0) is 20.1. The molecule has 148 valence electrons. The highest BCUT2D eigenvalue weighted by molar-refractivity contribution is 8.00. The number of nitrogens with zero attached hydrogens (tertiary/aromatic N) is 1. The molecule has 0 unspecified atom stereocenters. The molecule has 0 N–H and O–H groups in total. The third-order valence-corrected chi connectivity index (χ3v) is 9.38. The lowest BCUT2D eigenvalue weighted by molar-refractivity contribution is 0.133. The van der Waals surface area contributed by atoms with Crippen LogP contribution in [0.3, 0.4) is 0 Å². The molecule has 0 radical (unpaired) electrons. The van der Waals surface area contributed by atoms with E-state index in [1.807, 2.05) is 0 Å². The summed E-state index contributed by atoms with van der Waals surface area (Å²) in [4.78, 5) is 6.62. The molecule has 0 aliphatic heterocycles. The Balaban J connectivity index is 1.58. The van der Waals surface area contributed by atoms with Crippen LogP contribution in [-0.2, 0) is 0 Å². The molecular formula is C27H29NS. The molecule has 2 bridgehead atoms. The van der Waals surface area contributed by atoms with E-state index in [9.17, 15) is 0 Å². The summed E-state index contributed by atoms with van der Waals surface area (Å²) in [6.45, 7) is 7.54. The normalized spacial score (nSPS) is 29.8. The van der Waals surface area contributed by atoms with Crippen molar-refractivity contribution in [2.75, 3.05) is 0 Å². The van der Waals surface area contributed by atoms with Crippen molar-refractivity contribution >= 4 is 11.8 Å². The predicted octanol–water partition coefficient (Wildman–Crippen LogP) is 7.45. The highest BCUT2D eigenvalue weighted by Gasteiger charge is 2.66. The van der Waals surface area contributed by atoms with Gasteiger partial charge in [0.25, 0.3) is 0 Å². The van der Waals surface area contributed by atoms with E-state index in [1.165, 1.54) is 29.0 Å². The first-order chi connectivity index (χ1) is 14.0. The van der Waals surface area contributed by atoms with E-state index >= 15 is 0 Å². The molecule has 1 nitrogen and oxygen atoms in total. The number of fused-ring (bicyclic) bond motifs is 2. The molecule has 0 amide bonds. The maximum atomic E-state index is 5.23. The summed E-state index contributed by atoms with van der Waals surface area (Å²) in [5, 5.41) is 0.574. The second-order valence-electron chi connectivity index (χ2n) is 9.47. The molecule has 5 rings (SSSR count). The zero-order valence-corrected chi connectivity index (χ0v) is 18.3. The van der Waals surface area contributed by atoms with Crippen molar-refractivity contribution in [3.8, 4) is 11.3 Å². The van der Waals surface area contributed by atoms with Gasteiger partial charge in [-0.2, -0.15) is 0 Å². The van der Waals surface area contributed by atoms with Crippen molar-refractivity contribution in [3.05, 3.63) is 84.6 Å². The minimum atomic E-state index is 0.284. The minimum absolute atomic E-state index is 0.284. The van der Waals surface area contributed by atoms with E-state index in [1.54, 1.807) is 0 Å². The number of rotatable bonds is 4. The van der Waals surface area contributed by atoms with E-state index in [0.29, 0.717) is 16.6 Å². The van der Waals surface area contributed by atoms with Crippen LogP contribution in [0, 0.1) is 16.7 Å². The zero-order valence-electron chi connectivity index (χ0n) is 17.5. The molecule has 1 aromatic heterocycles. The number of pyridine rings is 1. The van der Waals surface area contributed by atoms with E-state index in [0.717, 1.165) is 11.6 Å². The van der Waals surface area contributed by atoms with Gasteiger partial charge in [-0.1, -0.05) is 75.4 Å². The molecule has 2 saturated carbocycles. The Hall–Kier alpha value is -2.06. The minimum Gasteiger partial charge on any atom is -0.252 e. The molecule has 2 aromatic carbocycles. The number of thioether (sulfide) groups is 1. The van der Waals surface area contributed by atoms with Gasteiger partial charge in [0.15, 0.2) is 0 Å². The van der Waals surface area contributed by atoms with Gasteiger partial charge in [0, 0.05) is 27.3 Å². The third-order valence-electron chi connectivity index (χ3n) is 7.96. The van der Waals surface area contributed by atoms with Gasteiger partial charge >= 0.3 is 0 Å². The number of hydrogen-bond acceptors (Lipinski definition) is 2. The van der Waals surface area contributed by atoms with Gasteiger partial charge in [0.2, 0.25) is 0 Å². The Morgan fingerprint density at radius 1 is 0.828 bits per heavy atom. The molecule has 2 aliphatic carbocycles. The van der Waals surface area contributed by atoms with Crippen molar-refractivity contribution < 1.29 is 0 Å². The summed E-state index contributed by atoms with van der Waals surface area (Å²) < 4.78 is 0. The summed E-state index contributed by atoms with van der Waals surface area (Å²) >= 11 is 2.08. The fraction of sp³-hybridized carbons (Fsp3) is 0.370. The maximum Gasteiger partial charge on any atom is 0.0705 e. The van der Waals surface area contributed by atoms with Crippen LogP contribution in [-0.4, -0.2) is 10.2 Å². The smallest absolute Gasteiger partial charge is 0.0705 e. The third kappa shape index (κ3) is 2.95. The van der Waals surface area contributed by atoms with Gasteiger partial charge in [0.05, 0.1) is 5.69 Å². The van der Waals surface area contributed by atoms with Gasteiger partial charge in [-0.05, 0) is 53.9 Å². The van der Waals surface area contributed by atoms with Crippen molar-refractivity contribution in [2.24, 2.45) is 16.7 Å². The number of benzene rings is 2. The Morgan fingerprint density at radius 2 is 1.52 bits per heavy atom. The van der Waals surface area contributed by atoms with Crippen LogP contribution < -0.4 is 0 Å². The van der Waals surface area contributed by atoms with Crippen molar-refractivity contribution in [2.45, 2.75) is 49.7 Å². The van der Waals surface area contributed by atoms with Gasteiger partial charge < -0.3 is 0 Å². The molecule has 2 aliphatic rings. The largest absolute Gasteiger partial charge is 0.252 e. The number of aromatic nitrogens is 1. The lowest BCUT2D eigenvalue weighted by atomic mass is 9.66. The molecule has 2 fully saturated rings. The van der Waals surface area contributed by atoms with Crippen LogP contribution in [0.25, 0.3) is 11.3 Å². The molecule has 0 saturated heterocycles. The lowest BCUT2D eigenvalue weighted by Crippen LogP contribution is -2.33. The molecule has 4 atom stereocenters. The first-order valence-electron chi connectivity index (χ1n) is 10.7. The van der Waals surface area contributed by atoms with Crippen molar-refractivity contribution in [3.63, 3.8) is 0 Å². The van der Waals surface area contributed by atoms with Gasteiger partial charge in [0.1, 0.15) is 0 Å². The second kappa shape index (κ2) is 7.02. The van der Waals surface area contributed by atoms with E-state index < -0.39 is 0 Å². The Morgan fingerprint density at radius 3 is 2.24 bits per heavy atom. The lowest BCUT2D eigenvalue weighted by Gasteiger charge is -2.40. The first kappa shape index (κ1) is 18.9. The van der Waals surface area contributed by atoms with Crippen molar-refractivity contribution in [1.82, 2.24) is 4.98 Å². The summed E-state index contributed by atoms with van der Waals surface area (Å²) in [5.41, 5.74) is 4.18. The average molecular weight is 400 g/mol. The highest BCUT2D eigenvalue weighted by Crippen LogP contribution is 2.73.